The Balaban J connectivity index is 1.33. The number of piperazine rings is 1. The topological polar surface area (TPSA) is 149 Å². The number of ether oxygens (including phenoxy) is 2. The van der Waals surface area contributed by atoms with Crippen LogP contribution in [0.25, 0.3) is 11.5 Å². The molecule has 4 atom stereocenters. The maximum absolute atomic E-state index is 13.0. The molecule has 3 aromatic heterocycles. The Bertz CT molecular complexity index is 1810. The number of thiophene rings is 1. The predicted molar refractivity (Wildman–Crippen MR) is 196 cm³/mol. The monoisotopic (exact) mass is 718 g/mol. The van der Waals surface area contributed by atoms with E-state index in [4.69, 9.17) is 28.9 Å². The highest BCUT2D eigenvalue weighted by Crippen LogP contribution is 2.50. The van der Waals surface area contributed by atoms with Crippen LogP contribution in [0.5, 0.6) is 6.01 Å². The number of fused-ring (bicyclic) bond motifs is 1. The van der Waals surface area contributed by atoms with Gasteiger partial charge in [0.05, 0.1) is 17.3 Å². The van der Waals surface area contributed by atoms with Gasteiger partial charge in [-0.25, -0.2) is 9.79 Å². The van der Waals surface area contributed by atoms with Crippen molar-refractivity contribution in [2.45, 2.75) is 103 Å². The third-order valence-corrected chi connectivity index (χ3v) is 11.1. The van der Waals surface area contributed by atoms with Crippen molar-refractivity contribution in [2.24, 2.45) is 4.99 Å². The number of carbonyl (C=O) groups excluding carboxylic acids is 1. The predicted octanol–water partition coefficient (Wildman–Crippen LogP) is 5.63. The van der Waals surface area contributed by atoms with Crippen molar-refractivity contribution < 1.29 is 18.8 Å². The van der Waals surface area contributed by atoms with Crippen molar-refractivity contribution in [1.29, 1.82) is 5.26 Å². The van der Waals surface area contributed by atoms with E-state index in [9.17, 15) is 10.1 Å². The van der Waals surface area contributed by atoms with Crippen molar-refractivity contribution in [3.8, 4) is 23.6 Å². The van der Waals surface area contributed by atoms with E-state index in [2.05, 4.69) is 46.9 Å². The van der Waals surface area contributed by atoms with E-state index in [0.717, 1.165) is 49.1 Å². The van der Waals surface area contributed by atoms with E-state index < -0.39 is 11.0 Å². The largest absolute Gasteiger partial charge is 0.459 e. The number of likely N-dealkylation sites (N-methyl/N-ethyl adjacent to an activating group) is 1. The molecule has 3 aliphatic rings. The summed E-state index contributed by atoms with van der Waals surface area (Å²) in [6, 6.07) is 4.65. The fraction of sp³-hybridized carbons (Fsp3) is 0.639. The minimum absolute atomic E-state index is 0.119. The van der Waals surface area contributed by atoms with Crippen molar-refractivity contribution in [1.82, 2.24) is 34.8 Å². The molecule has 1 amide bonds. The van der Waals surface area contributed by atoms with Gasteiger partial charge in [0.15, 0.2) is 0 Å². The fourth-order valence-corrected chi connectivity index (χ4v) is 8.61. The molecule has 3 aromatic rings. The Morgan fingerprint density at radius 1 is 1.24 bits per heavy atom. The van der Waals surface area contributed by atoms with Crippen LogP contribution in [-0.2, 0) is 16.6 Å². The van der Waals surface area contributed by atoms with Crippen LogP contribution in [0.15, 0.2) is 15.6 Å². The van der Waals surface area contributed by atoms with Crippen LogP contribution in [0, 0.1) is 11.3 Å². The van der Waals surface area contributed by atoms with Crippen LogP contribution in [0.2, 0.25) is 0 Å². The first-order valence-electron chi connectivity index (χ1n) is 17.8. The molecule has 1 aliphatic carbocycles. The molecule has 0 aromatic carbocycles. The van der Waals surface area contributed by atoms with Gasteiger partial charge in [0.25, 0.3) is 0 Å². The lowest BCUT2D eigenvalue weighted by molar-refractivity contribution is 0.0158. The average molecular weight is 719 g/mol. The van der Waals surface area contributed by atoms with E-state index in [1.807, 2.05) is 52.8 Å². The van der Waals surface area contributed by atoms with Crippen molar-refractivity contribution in [2.75, 3.05) is 52.2 Å². The lowest BCUT2D eigenvalue weighted by Crippen LogP contribution is -2.55. The number of hydrogen-bond acceptors (Lipinski definition) is 13. The molecule has 14 nitrogen and oxygen atoms in total. The van der Waals surface area contributed by atoms with E-state index in [0.29, 0.717) is 53.4 Å². The van der Waals surface area contributed by atoms with Gasteiger partial charge in [0.1, 0.15) is 34.3 Å². The second-order valence-electron chi connectivity index (χ2n) is 15.4. The lowest BCUT2D eigenvalue weighted by atomic mass is 9.72. The quantitative estimate of drug-likeness (QED) is 0.210. The van der Waals surface area contributed by atoms with E-state index in [-0.39, 0.29) is 30.3 Å². The molecule has 274 valence electrons. The van der Waals surface area contributed by atoms with Crippen LogP contribution in [0.3, 0.4) is 0 Å². The molecule has 51 heavy (non-hydrogen) atoms. The van der Waals surface area contributed by atoms with Gasteiger partial charge >= 0.3 is 12.1 Å². The number of hydrogen-bond donors (Lipinski definition) is 0. The van der Waals surface area contributed by atoms with Crippen LogP contribution >= 0.6 is 11.3 Å². The highest BCUT2D eigenvalue weighted by atomic mass is 32.1. The normalized spacial score (nSPS) is 23.3. The zero-order chi connectivity index (χ0) is 36.7. The maximum Gasteiger partial charge on any atom is 0.410 e. The number of anilines is 1. The number of carbonyl (C=O) groups is 1. The lowest BCUT2D eigenvalue weighted by Gasteiger charge is -2.40. The molecule has 0 radical (unpaired) electrons. The van der Waals surface area contributed by atoms with Gasteiger partial charge in [0, 0.05) is 62.3 Å². The van der Waals surface area contributed by atoms with Gasteiger partial charge in [-0.3, -0.25) is 4.90 Å². The Morgan fingerprint density at radius 2 is 2.02 bits per heavy atom. The molecule has 0 N–H and O–H groups in total. The first kappa shape index (κ1) is 36.5. The summed E-state index contributed by atoms with van der Waals surface area (Å²) in [4.78, 5) is 41.4. The number of aromatic nitrogens is 4. The smallest absolute Gasteiger partial charge is 0.410 e. The number of aryl methyl sites for hydroxylation is 1. The van der Waals surface area contributed by atoms with Crippen LogP contribution in [-0.4, -0.2) is 118 Å². The van der Waals surface area contributed by atoms with E-state index in [1.54, 1.807) is 22.6 Å². The van der Waals surface area contributed by atoms with Gasteiger partial charge in [-0.1, -0.05) is 5.16 Å². The summed E-state index contributed by atoms with van der Waals surface area (Å²) >= 11 is 1.55. The Morgan fingerprint density at radius 3 is 2.69 bits per heavy atom. The molecular formula is C36H50N10O4S. The second kappa shape index (κ2) is 14.4. The number of nitriles is 1. The zero-order valence-corrected chi connectivity index (χ0v) is 32.1. The Labute approximate surface area is 304 Å². The molecule has 2 aliphatic heterocycles. The highest BCUT2D eigenvalue weighted by molar-refractivity contribution is 7.16. The number of likely N-dealkylation sites (tertiary alicyclic amines) is 1. The minimum atomic E-state index is -0.670. The van der Waals surface area contributed by atoms with Crippen LogP contribution in [0.4, 0.5) is 15.6 Å². The summed E-state index contributed by atoms with van der Waals surface area (Å²) in [5, 5.41) is 15.4. The fourth-order valence-electron chi connectivity index (χ4n) is 7.35. The standard InChI is InChI=1S/C36H50N10O4S/c1-22-20-45(16-17-46(22)34(47)49-35(3,4)5)28-18-25(39-33(40-28)48-23(2)26-12-11-15-44(26)9)30-41-32(50-42-30)36(6)14-10-13-27-29(36)24(19-37)31(51-27)38-21-43(7)8/h18,21-23,26H,10-17,20H2,1-9H3/b38-21+/t22-,23+,26+,36+/m1/s1. The summed E-state index contributed by atoms with van der Waals surface area (Å²) in [7, 11) is 5.92. The molecule has 15 heteroatoms. The first-order valence-corrected chi connectivity index (χ1v) is 18.6. The summed E-state index contributed by atoms with van der Waals surface area (Å²) in [5.74, 6) is 1.40. The molecule has 0 saturated carbocycles. The van der Waals surface area contributed by atoms with Crippen molar-refractivity contribution in [3.63, 3.8) is 0 Å². The van der Waals surface area contributed by atoms with Gasteiger partial charge < -0.3 is 28.7 Å². The van der Waals surface area contributed by atoms with Crippen molar-refractivity contribution >= 4 is 34.6 Å². The van der Waals surface area contributed by atoms with E-state index >= 15 is 0 Å². The third kappa shape index (κ3) is 7.67. The SMILES string of the molecule is C[C@H](Oc1nc(-c2noc([C@@]3(C)CCCc4sc(/N=C/N(C)C)c(C#N)c43)n2)cc(N2CCN(C(=O)OC(C)(C)C)[C@H](C)C2)n1)[C@@H]1CCCN1C. The van der Waals surface area contributed by atoms with Gasteiger partial charge in [-0.05, 0) is 87.2 Å². The molecule has 2 fully saturated rings. The molecule has 0 spiro atoms. The van der Waals surface area contributed by atoms with Crippen LogP contribution < -0.4 is 9.64 Å². The summed E-state index contributed by atoms with van der Waals surface area (Å²) in [6.45, 7) is 14.4. The van der Waals surface area contributed by atoms with Crippen LogP contribution in [0.1, 0.15) is 89.1 Å². The Hall–Kier alpha value is -4.29. The summed E-state index contributed by atoms with van der Waals surface area (Å²) < 4.78 is 18.2. The number of amides is 1. The molecule has 0 bridgehead atoms. The average Bonchev–Trinajstić information content (AvgIpc) is 3.82. The van der Waals surface area contributed by atoms with Gasteiger partial charge in [-0.15, -0.1) is 11.3 Å². The molecule has 6 rings (SSSR count). The molecular weight excluding hydrogens is 669 g/mol. The summed E-state index contributed by atoms with van der Waals surface area (Å²) in [5.41, 5.74) is 0.701. The van der Waals surface area contributed by atoms with Gasteiger partial charge in [0.2, 0.25) is 11.7 Å². The molecule has 2 saturated heterocycles. The first-order chi connectivity index (χ1) is 24.2. The van der Waals surface area contributed by atoms with Crippen molar-refractivity contribution in [3.05, 3.63) is 28.0 Å². The van der Waals surface area contributed by atoms with Gasteiger partial charge in [-0.2, -0.15) is 20.2 Å². The molecule has 5 heterocycles. The number of rotatable bonds is 8. The second-order valence-corrected chi connectivity index (χ2v) is 16.5. The Kier molecular flexibility index (Phi) is 10.3. The zero-order valence-electron chi connectivity index (χ0n) is 31.3. The third-order valence-electron chi connectivity index (χ3n) is 9.92. The summed E-state index contributed by atoms with van der Waals surface area (Å²) in [6.07, 6.45) is 5.95. The highest BCUT2D eigenvalue weighted by Gasteiger charge is 2.43. The number of nitrogens with zero attached hydrogens (tertiary/aromatic N) is 10. The molecule has 0 unspecified atom stereocenters. The number of aliphatic imine (C=N–C) groups is 1. The maximum atomic E-state index is 13.0. The minimum Gasteiger partial charge on any atom is -0.459 e. The van der Waals surface area contributed by atoms with E-state index in [1.165, 1.54) is 0 Å².